The molecule has 4 N–H and O–H groups in total. The summed E-state index contributed by atoms with van der Waals surface area (Å²) in [5, 5.41) is 38.2. The molecule has 0 radical (unpaired) electrons. The lowest BCUT2D eigenvalue weighted by Gasteiger charge is -2.07. The molecule has 0 aliphatic carbocycles. The van der Waals surface area contributed by atoms with Crippen LogP contribution < -0.4 is 0 Å². The summed E-state index contributed by atoms with van der Waals surface area (Å²) in [6.45, 7) is 0. The zero-order valence-corrected chi connectivity index (χ0v) is 11.8. The summed E-state index contributed by atoms with van der Waals surface area (Å²) in [4.78, 5) is 0. The maximum Gasteiger partial charge on any atom is 0.160 e. The van der Waals surface area contributed by atoms with E-state index in [2.05, 4.69) is 0 Å². The predicted molar refractivity (Wildman–Crippen MR) is 80.8 cm³/mol. The van der Waals surface area contributed by atoms with Crippen molar-refractivity contribution in [2.24, 2.45) is 0 Å². The zero-order valence-electron chi connectivity index (χ0n) is 11.8. The van der Waals surface area contributed by atoms with Crippen LogP contribution in [-0.4, -0.2) is 20.4 Å². The van der Waals surface area contributed by atoms with Gasteiger partial charge in [-0.1, -0.05) is 30.7 Å². The van der Waals surface area contributed by atoms with Crippen LogP contribution in [0.2, 0.25) is 0 Å². The molecule has 0 heterocycles. The van der Waals surface area contributed by atoms with Crippen LogP contribution in [0.15, 0.2) is 36.4 Å². The van der Waals surface area contributed by atoms with Gasteiger partial charge in [-0.05, 0) is 48.9 Å². The summed E-state index contributed by atoms with van der Waals surface area (Å²) in [5.41, 5.74) is 1.49. The predicted octanol–water partition coefficient (Wildman–Crippen LogP) is 3.46. The Morgan fingerprint density at radius 2 is 1.00 bits per heavy atom. The Bertz CT molecular complexity index is 554. The Morgan fingerprint density at radius 3 is 1.43 bits per heavy atom. The minimum Gasteiger partial charge on any atom is -0.504 e. The summed E-state index contributed by atoms with van der Waals surface area (Å²) in [7, 11) is 0. The number of unbranched alkanes of at least 4 members (excludes halogenated alkanes) is 2. The van der Waals surface area contributed by atoms with E-state index in [4.69, 9.17) is 0 Å². The lowest BCUT2D eigenvalue weighted by Crippen LogP contribution is -1.90. The van der Waals surface area contributed by atoms with Crippen molar-refractivity contribution in [3.63, 3.8) is 0 Å². The van der Waals surface area contributed by atoms with E-state index in [0.29, 0.717) is 12.8 Å². The second-order valence-electron chi connectivity index (χ2n) is 5.13. The summed E-state index contributed by atoms with van der Waals surface area (Å²) in [6.07, 6.45) is 4.11. The molecular weight excluding hydrogens is 268 g/mol. The first kappa shape index (κ1) is 15.0. The van der Waals surface area contributed by atoms with Crippen LogP contribution in [0.5, 0.6) is 23.0 Å². The number of phenolic OH excluding ortho intramolecular Hbond substituents is 4. The van der Waals surface area contributed by atoms with Crippen LogP contribution in [0.1, 0.15) is 30.4 Å². The molecule has 0 fully saturated rings. The van der Waals surface area contributed by atoms with Crippen LogP contribution in [0.25, 0.3) is 0 Å². The van der Waals surface area contributed by atoms with Crippen molar-refractivity contribution in [3.8, 4) is 23.0 Å². The van der Waals surface area contributed by atoms with Crippen LogP contribution in [0.3, 0.4) is 0 Å². The Kier molecular flexibility index (Phi) is 4.93. The van der Waals surface area contributed by atoms with Gasteiger partial charge in [-0.3, -0.25) is 0 Å². The minimum absolute atomic E-state index is 0.0388. The maximum atomic E-state index is 9.69. The Morgan fingerprint density at radius 1 is 0.571 bits per heavy atom. The topological polar surface area (TPSA) is 80.9 Å². The highest BCUT2D eigenvalue weighted by Gasteiger charge is 2.07. The standard InChI is InChI=1S/C17H20O4/c18-14-10-4-8-12(16(14)20)6-2-1-3-7-13-9-5-11-15(19)17(13)21/h4-5,8-11,18-21H,1-3,6-7H2. The second-order valence-corrected chi connectivity index (χ2v) is 5.13. The van der Waals surface area contributed by atoms with Gasteiger partial charge >= 0.3 is 0 Å². The first-order valence-corrected chi connectivity index (χ1v) is 7.09. The van der Waals surface area contributed by atoms with Crippen LogP contribution in [0, 0.1) is 0 Å². The molecule has 112 valence electrons. The number of aromatic hydroxyl groups is 4. The number of para-hydroxylation sites is 2. The van der Waals surface area contributed by atoms with Crippen molar-refractivity contribution in [2.45, 2.75) is 32.1 Å². The molecule has 0 atom stereocenters. The molecule has 2 rings (SSSR count). The number of aryl methyl sites for hydroxylation is 2. The zero-order chi connectivity index (χ0) is 15.2. The van der Waals surface area contributed by atoms with E-state index in [0.717, 1.165) is 30.4 Å². The number of hydrogen-bond donors (Lipinski definition) is 4. The van der Waals surface area contributed by atoms with Crippen molar-refractivity contribution < 1.29 is 20.4 Å². The van der Waals surface area contributed by atoms with Gasteiger partial charge in [-0.15, -0.1) is 0 Å². The molecule has 0 aliphatic rings. The van der Waals surface area contributed by atoms with E-state index in [9.17, 15) is 20.4 Å². The average molecular weight is 288 g/mol. The van der Waals surface area contributed by atoms with Gasteiger partial charge in [-0.2, -0.15) is 0 Å². The minimum atomic E-state index is -0.0859. The third kappa shape index (κ3) is 3.81. The van der Waals surface area contributed by atoms with Crippen molar-refractivity contribution in [1.82, 2.24) is 0 Å². The summed E-state index contributed by atoms with van der Waals surface area (Å²) in [5.74, 6) is -0.249. The highest BCUT2D eigenvalue weighted by Crippen LogP contribution is 2.31. The summed E-state index contributed by atoms with van der Waals surface area (Å²) >= 11 is 0. The Labute approximate surface area is 123 Å². The number of benzene rings is 2. The van der Waals surface area contributed by atoms with E-state index >= 15 is 0 Å². The largest absolute Gasteiger partial charge is 0.504 e. The van der Waals surface area contributed by atoms with Gasteiger partial charge in [0, 0.05) is 0 Å². The molecule has 0 aromatic heterocycles. The average Bonchev–Trinajstić information content (AvgIpc) is 2.47. The highest BCUT2D eigenvalue weighted by atomic mass is 16.3. The number of rotatable bonds is 6. The molecule has 0 unspecified atom stereocenters. The highest BCUT2D eigenvalue weighted by molar-refractivity contribution is 5.45. The van der Waals surface area contributed by atoms with Gasteiger partial charge in [0.1, 0.15) is 0 Å². The van der Waals surface area contributed by atoms with Crippen LogP contribution in [0.4, 0.5) is 0 Å². The third-order valence-electron chi connectivity index (χ3n) is 3.59. The molecule has 4 nitrogen and oxygen atoms in total. The van der Waals surface area contributed by atoms with Gasteiger partial charge in [0.15, 0.2) is 23.0 Å². The van der Waals surface area contributed by atoms with Crippen molar-refractivity contribution in [1.29, 1.82) is 0 Å². The van der Waals surface area contributed by atoms with Gasteiger partial charge in [0.25, 0.3) is 0 Å². The molecule has 0 saturated carbocycles. The molecule has 0 saturated heterocycles. The molecule has 2 aromatic rings. The van der Waals surface area contributed by atoms with Gasteiger partial charge in [0.2, 0.25) is 0 Å². The summed E-state index contributed by atoms with van der Waals surface area (Å²) in [6, 6.07) is 9.96. The number of hydrogen-bond acceptors (Lipinski definition) is 4. The Balaban J connectivity index is 1.78. The van der Waals surface area contributed by atoms with Crippen LogP contribution in [-0.2, 0) is 12.8 Å². The monoisotopic (exact) mass is 288 g/mol. The van der Waals surface area contributed by atoms with Crippen molar-refractivity contribution in [3.05, 3.63) is 47.5 Å². The van der Waals surface area contributed by atoms with E-state index in [1.165, 1.54) is 12.1 Å². The fourth-order valence-electron chi connectivity index (χ4n) is 2.37. The van der Waals surface area contributed by atoms with Crippen molar-refractivity contribution >= 4 is 0 Å². The molecule has 0 aliphatic heterocycles. The second kappa shape index (κ2) is 6.88. The van der Waals surface area contributed by atoms with E-state index < -0.39 is 0 Å². The van der Waals surface area contributed by atoms with E-state index in [1.54, 1.807) is 24.3 Å². The van der Waals surface area contributed by atoms with Gasteiger partial charge in [0.05, 0.1) is 0 Å². The smallest absolute Gasteiger partial charge is 0.160 e. The Hall–Kier alpha value is -2.36. The van der Waals surface area contributed by atoms with E-state index in [-0.39, 0.29) is 23.0 Å². The fourth-order valence-corrected chi connectivity index (χ4v) is 2.37. The molecule has 21 heavy (non-hydrogen) atoms. The molecule has 0 bridgehead atoms. The van der Waals surface area contributed by atoms with Crippen LogP contribution >= 0.6 is 0 Å². The molecule has 2 aromatic carbocycles. The lowest BCUT2D eigenvalue weighted by molar-refractivity contribution is 0.397. The molecular formula is C17H20O4. The quantitative estimate of drug-likeness (QED) is 0.484. The lowest BCUT2D eigenvalue weighted by atomic mass is 10.0. The van der Waals surface area contributed by atoms with Gasteiger partial charge in [-0.25, -0.2) is 0 Å². The fraction of sp³-hybridized carbons (Fsp3) is 0.294. The third-order valence-corrected chi connectivity index (χ3v) is 3.59. The first-order valence-electron chi connectivity index (χ1n) is 7.09. The molecule has 4 heteroatoms. The van der Waals surface area contributed by atoms with E-state index in [1.807, 2.05) is 0 Å². The first-order chi connectivity index (χ1) is 10.1. The maximum absolute atomic E-state index is 9.69. The van der Waals surface area contributed by atoms with Gasteiger partial charge < -0.3 is 20.4 Å². The normalized spacial score (nSPS) is 10.7. The number of phenols is 4. The SMILES string of the molecule is Oc1cccc(CCCCCc2cccc(O)c2O)c1O. The molecule has 0 amide bonds. The van der Waals surface area contributed by atoms with Crippen molar-refractivity contribution in [2.75, 3.05) is 0 Å². The molecule has 0 spiro atoms. The summed E-state index contributed by atoms with van der Waals surface area (Å²) < 4.78 is 0.